The Morgan fingerprint density at radius 2 is 1.97 bits per heavy atom. The first kappa shape index (κ1) is 20.3. The SMILES string of the molecule is CC(C)(C)c1csc(-c2cc3coccc-3c2C(O)c2ccccc2CC(=O)O)n1. The van der Waals surface area contributed by atoms with Gasteiger partial charge in [-0.15, -0.1) is 11.3 Å². The van der Waals surface area contributed by atoms with Crippen LogP contribution < -0.4 is 0 Å². The molecular weight excluding hydrogens is 398 g/mol. The zero-order chi connectivity index (χ0) is 21.5. The van der Waals surface area contributed by atoms with Crippen molar-refractivity contribution in [3.8, 4) is 21.7 Å². The number of aromatic nitrogens is 1. The lowest BCUT2D eigenvalue weighted by molar-refractivity contribution is -0.136. The molecule has 0 radical (unpaired) electrons. The van der Waals surface area contributed by atoms with E-state index in [1.807, 2.05) is 23.6 Å². The molecular formula is C24H23NO4S. The molecule has 1 aliphatic heterocycles. The summed E-state index contributed by atoms with van der Waals surface area (Å²) in [7, 11) is 0. The Balaban J connectivity index is 1.89. The van der Waals surface area contributed by atoms with E-state index >= 15 is 0 Å². The Bertz CT molecular complexity index is 1170. The Morgan fingerprint density at radius 1 is 1.20 bits per heavy atom. The van der Waals surface area contributed by atoms with Gasteiger partial charge in [-0.2, -0.15) is 0 Å². The van der Waals surface area contributed by atoms with Gasteiger partial charge in [0.25, 0.3) is 0 Å². The number of hydrogen-bond acceptors (Lipinski definition) is 5. The molecule has 0 amide bonds. The molecule has 0 saturated carbocycles. The highest BCUT2D eigenvalue weighted by molar-refractivity contribution is 7.13. The fourth-order valence-electron chi connectivity index (χ4n) is 3.61. The average Bonchev–Trinajstić information content (AvgIpc) is 3.32. The van der Waals surface area contributed by atoms with Crippen LogP contribution >= 0.6 is 11.3 Å². The van der Waals surface area contributed by atoms with Gasteiger partial charge >= 0.3 is 5.97 Å². The lowest BCUT2D eigenvalue weighted by Gasteiger charge is -2.18. The van der Waals surface area contributed by atoms with Gasteiger partial charge in [0.15, 0.2) is 0 Å². The first-order valence-electron chi connectivity index (χ1n) is 9.68. The van der Waals surface area contributed by atoms with Crippen LogP contribution in [0.5, 0.6) is 0 Å². The van der Waals surface area contributed by atoms with Gasteiger partial charge in [0, 0.05) is 27.5 Å². The maximum atomic E-state index is 11.4. The third kappa shape index (κ3) is 3.76. The van der Waals surface area contributed by atoms with Crippen molar-refractivity contribution < 1.29 is 19.4 Å². The maximum Gasteiger partial charge on any atom is 0.307 e. The number of benzene rings is 1. The summed E-state index contributed by atoms with van der Waals surface area (Å²) in [5, 5.41) is 23.6. The van der Waals surface area contributed by atoms with Gasteiger partial charge in [0.1, 0.15) is 11.1 Å². The minimum atomic E-state index is -0.988. The van der Waals surface area contributed by atoms with Gasteiger partial charge in [-0.05, 0) is 28.8 Å². The maximum absolute atomic E-state index is 11.4. The second-order valence-electron chi connectivity index (χ2n) is 8.36. The number of rotatable bonds is 5. The average molecular weight is 422 g/mol. The van der Waals surface area contributed by atoms with Crippen LogP contribution in [-0.2, 0) is 16.6 Å². The molecule has 0 saturated heterocycles. The smallest absolute Gasteiger partial charge is 0.307 e. The van der Waals surface area contributed by atoms with Crippen LogP contribution in [0.25, 0.3) is 21.7 Å². The quantitative estimate of drug-likeness (QED) is 0.444. The number of carboxylic acids is 1. The standard InChI is InChI=1S/C24H23NO4S/c1-24(2,3)19-13-30-23(25-19)18-10-15-12-29-9-8-16(15)21(18)22(28)17-7-5-4-6-14(17)11-20(26)27/h4-10,12-13,22,28H,11H2,1-3H3,(H,26,27). The summed E-state index contributed by atoms with van der Waals surface area (Å²) < 4.78 is 5.34. The Labute approximate surface area is 179 Å². The van der Waals surface area contributed by atoms with Gasteiger partial charge in [-0.25, -0.2) is 4.98 Å². The van der Waals surface area contributed by atoms with E-state index in [2.05, 4.69) is 20.8 Å². The van der Waals surface area contributed by atoms with E-state index in [-0.39, 0.29) is 11.8 Å². The first-order chi connectivity index (χ1) is 14.3. The van der Waals surface area contributed by atoms with E-state index < -0.39 is 12.1 Å². The van der Waals surface area contributed by atoms with Crippen LogP contribution in [0.1, 0.15) is 49.3 Å². The van der Waals surface area contributed by atoms with E-state index in [1.54, 1.807) is 30.7 Å². The largest absolute Gasteiger partial charge is 0.481 e. The summed E-state index contributed by atoms with van der Waals surface area (Å²) in [6.07, 6.45) is 2.09. The van der Waals surface area contributed by atoms with Crippen LogP contribution in [0.4, 0.5) is 0 Å². The molecule has 154 valence electrons. The van der Waals surface area contributed by atoms with Crippen molar-refractivity contribution >= 4 is 17.3 Å². The van der Waals surface area contributed by atoms with Crippen LogP contribution in [0.15, 0.2) is 58.7 Å². The van der Waals surface area contributed by atoms with Gasteiger partial charge in [-0.3, -0.25) is 4.79 Å². The van der Waals surface area contributed by atoms with E-state index in [0.717, 1.165) is 27.4 Å². The molecule has 2 N–H and O–H groups in total. The second-order valence-corrected chi connectivity index (χ2v) is 9.22. The molecule has 2 heterocycles. The lowest BCUT2D eigenvalue weighted by atomic mass is 9.92. The summed E-state index contributed by atoms with van der Waals surface area (Å²) >= 11 is 1.54. The third-order valence-electron chi connectivity index (χ3n) is 5.17. The molecule has 1 atom stereocenters. The molecule has 1 aliphatic carbocycles. The number of nitrogens with zero attached hydrogens (tertiary/aromatic N) is 1. The number of aliphatic hydroxyl groups excluding tert-OH is 1. The minimum Gasteiger partial charge on any atom is -0.481 e. The van der Waals surface area contributed by atoms with Crippen molar-refractivity contribution in [1.29, 1.82) is 0 Å². The molecule has 6 heteroatoms. The highest BCUT2D eigenvalue weighted by Crippen LogP contribution is 2.45. The van der Waals surface area contributed by atoms with Gasteiger partial charge in [0.05, 0.1) is 24.6 Å². The monoisotopic (exact) mass is 421 g/mol. The molecule has 2 aliphatic rings. The molecule has 1 unspecified atom stereocenters. The highest BCUT2D eigenvalue weighted by atomic mass is 32.1. The molecule has 5 nitrogen and oxygen atoms in total. The molecule has 2 aromatic rings. The normalized spacial score (nSPS) is 12.9. The summed E-state index contributed by atoms with van der Waals surface area (Å²) in [5.41, 5.74) is 5.37. The summed E-state index contributed by atoms with van der Waals surface area (Å²) in [5.74, 6) is -0.934. The zero-order valence-electron chi connectivity index (χ0n) is 17.0. The number of carboxylic acid groups (broad SMARTS) is 1. The van der Waals surface area contributed by atoms with E-state index in [4.69, 9.17) is 9.40 Å². The van der Waals surface area contributed by atoms with Crippen molar-refractivity contribution in [2.24, 2.45) is 0 Å². The topological polar surface area (TPSA) is 83.6 Å². The number of thiazole rings is 1. The van der Waals surface area contributed by atoms with Crippen molar-refractivity contribution in [3.63, 3.8) is 0 Å². The molecule has 1 aromatic heterocycles. The van der Waals surface area contributed by atoms with E-state index in [9.17, 15) is 15.0 Å². The van der Waals surface area contributed by atoms with Crippen molar-refractivity contribution in [2.75, 3.05) is 0 Å². The van der Waals surface area contributed by atoms with Crippen molar-refractivity contribution in [1.82, 2.24) is 4.98 Å². The van der Waals surface area contributed by atoms with E-state index in [1.165, 1.54) is 11.3 Å². The third-order valence-corrected chi connectivity index (χ3v) is 6.04. The molecule has 0 bridgehead atoms. The van der Waals surface area contributed by atoms with Crippen molar-refractivity contribution in [2.45, 2.75) is 38.7 Å². The highest BCUT2D eigenvalue weighted by Gasteiger charge is 2.28. The summed E-state index contributed by atoms with van der Waals surface area (Å²) in [6.45, 7) is 6.35. The number of fused-ring (bicyclic) bond motifs is 1. The van der Waals surface area contributed by atoms with Crippen molar-refractivity contribution in [3.05, 3.63) is 76.7 Å². The summed E-state index contributed by atoms with van der Waals surface area (Å²) in [4.78, 5) is 16.2. The van der Waals surface area contributed by atoms with Gasteiger partial charge in [0.2, 0.25) is 0 Å². The Kier molecular flexibility index (Phi) is 5.22. The molecule has 30 heavy (non-hydrogen) atoms. The molecule has 4 rings (SSSR count). The van der Waals surface area contributed by atoms with Crippen LogP contribution in [-0.4, -0.2) is 21.2 Å². The predicted octanol–water partition coefficient (Wildman–Crippen LogP) is 5.51. The summed E-state index contributed by atoms with van der Waals surface area (Å²) in [6, 6.07) is 10.9. The van der Waals surface area contributed by atoms with Gasteiger partial charge < -0.3 is 14.6 Å². The Morgan fingerprint density at radius 3 is 2.67 bits per heavy atom. The molecule has 0 fully saturated rings. The number of aliphatic carboxylic acids is 1. The van der Waals surface area contributed by atoms with Crippen LogP contribution in [0.3, 0.4) is 0 Å². The van der Waals surface area contributed by atoms with Crippen LogP contribution in [0, 0.1) is 0 Å². The first-order valence-corrected chi connectivity index (χ1v) is 10.6. The lowest BCUT2D eigenvalue weighted by Crippen LogP contribution is -2.11. The van der Waals surface area contributed by atoms with E-state index in [0.29, 0.717) is 16.7 Å². The number of hydrogen-bond donors (Lipinski definition) is 2. The molecule has 1 aromatic carbocycles. The molecule has 0 spiro atoms. The Hall–Kier alpha value is -2.96. The number of aliphatic hydroxyl groups is 1. The van der Waals surface area contributed by atoms with Gasteiger partial charge in [-0.1, -0.05) is 45.0 Å². The zero-order valence-corrected chi connectivity index (χ0v) is 17.9. The van der Waals surface area contributed by atoms with Crippen LogP contribution in [0.2, 0.25) is 0 Å². The number of carbonyl (C=O) groups is 1. The fourth-order valence-corrected chi connectivity index (χ4v) is 4.69. The fraction of sp³-hybridized carbons (Fsp3) is 0.250. The minimum absolute atomic E-state index is 0.0804. The predicted molar refractivity (Wildman–Crippen MR) is 117 cm³/mol. The second kappa shape index (κ2) is 7.70.